The maximum absolute atomic E-state index is 4.56. The molecule has 5 nitrogen and oxygen atoms in total. The SMILES string of the molecule is Cc1cccn2nc(NCC(C)CN3CCCCC3)nc12. The molecule has 3 heterocycles. The van der Waals surface area contributed by atoms with E-state index in [1.165, 1.54) is 38.9 Å². The minimum Gasteiger partial charge on any atom is -0.353 e. The molecule has 2 aromatic heterocycles. The van der Waals surface area contributed by atoms with Crippen molar-refractivity contribution in [3.8, 4) is 0 Å². The number of hydrogen-bond acceptors (Lipinski definition) is 4. The Hall–Kier alpha value is -1.62. The van der Waals surface area contributed by atoms with Crippen LogP contribution in [0.4, 0.5) is 5.95 Å². The average Bonchev–Trinajstić information content (AvgIpc) is 2.91. The van der Waals surface area contributed by atoms with Gasteiger partial charge in [0.15, 0.2) is 5.65 Å². The monoisotopic (exact) mass is 287 g/mol. The van der Waals surface area contributed by atoms with Crippen molar-refractivity contribution in [3.05, 3.63) is 23.9 Å². The van der Waals surface area contributed by atoms with Gasteiger partial charge in [-0.25, -0.2) is 4.52 Å². The first kappa shape index (κ1) is 14.3. The van der Waals surface area contributed by atoms with E-state index in [0.717, 1.165) is 23.7 Å². The number of aryl methyl sites for hydroxylation is 1. The number of hydrogen-bond donors (Lipinski definition) is 1. The third-order valence-electron chi connectivity index (χ3n) is 4.18. The van der Waals surface area contributed by atoms with Crippen molar-refractivity contribution in [1.29, 1.82) is 0 Å². The minimum absolute atomic E-state index is 0.607. The molecule has 0 amide bonds. The van der Waals surface area contributed by atoms with E-state index in [1.807, 2.05) is 16.8 Å². The number of aromatic nitrogens is 3. The quantitative estimate of drug-likeness (QED) is 0.918. The number of nitrogens with one attached hydrogen (secondary N) is 1. The smallest absolute Gasteiger partial charge is 0.243 e. The molecule has 1 unspecified atom stereocenters. The summed E-state index contributed by atoms with van der Waals surface area (Å²) in [6.07, 6.45) is 6.05. The molecule has 114 valence electrons. The largest absolute Gasteiger partial charge is 0.353 e. The lowest BCUT2D eigenvalue weighted by Crippen LogP contribution is -2.35. The third kappa shape index (κ3) is 3.53. The number of anilines is 1. The molecular weight excluding hydrogens is 262 g/mol. The molecule has 0 aliphatic carbocycles. The van der Waals surface area contributed by atoms with Gasteiger partial charge in [0.05, 0.1) is 0 Å². The van der Waals surface area contributed by atoms with Gasteiger partial charge in [-0.05, 0) is 50.4 Å². The molecule has 1 aliphatic heterocycles. The summed E-state index contributed by atoms with van der Waals surface area (Å²) in [6.45, 7) is 8.97. The second-order valence-corrected chi connectivity index (χ2v) is 6.24. The number of rotatable bonds is 5. The molecule has 1 aliphatic rings. The van der Waals surface area contributed by atoms with Gasteiger partial charge < -0.3 is 10.2 Å². The second-order valence-electron chi connectivity index (χ2n) is 6.24. The van der Waals surface area contributed by atoms with Crippen LogP contribution in [0.25, 0.3) is 5.65 Å². The Bertz CT molecular complexity index is 585. The van der Waals surface area contributed by atoms with Crippen molar-refractivity contribution in [3.63, 3.8) is 0 Å². The Kier molecular flexibility index (Phi) is 4.39. The summed E-state index contributed by atoms with van der Waals surface area (Å²) < 4.78 is 1.84. The van der Waals surface area contributed by atoms with E-state index in [9.17, 15) is 0 Å². The fraction of sp³-hybridized carbons (Fsp3) is 0.625. The average molecular weight is 287 g/mol. The lowest BCUT2D eigenvalue weighted by molar-refractivity contribution is 0.204. The normalized spacial score (nSPS) is 18.0. The van der Waals surface area contributed by atoms with Crippen molar-refractivity contribution in [2.75, 3.05) is 31.5 Å². The van der Waals surface area contributed by atoms with Crippen LogP contribution in [0.5, 0.6) is 0 Å². The predicted molar refractivity (Wildman–Crippen MR) is 85.7 cm³/mol. The highest BCUT2D eigenvalue weighted by Gasteiger charge is 2.14. The van der Waals surface area contributed by atoms with Crippen LogP contribution in [0, 0.1) is 12.8 Å². The maximum atomic E-state index is 4.56. The van der Waals surface area contributed by atoms with Crippen LogP contribution >= 0.6 is 0 Å². The zero-order valence-corrected chi connectivity index (χ0v) is 13.0. The number of piperidine rings is 1. The summed E-state index contributed by atoms with van der Waals surface area (Å²) in [6, 6.07) is 4.06. The van der Waals surface area contributed by atoms with Crippen LogP contribution in [0.15, 0.2) is 18.3 Å². The van der Waals surface area contributed by atoms with E-state index >= 15 is 0 Å². The van der Waals surface area contributed by atoms with Gasteiger partial charge in [-0.2, -0.15) is 4.98 Å². The van der Waals surface area contributed by atoms with Gasteiger partial charge in [-0.15, -0.1) is 5.10 Å². The standard InChI is InChI=1S/C16H25N5/c1-13(12-20-8-4-3-5-9-20)11-17-16-18-15-14(2)7-6-10-21(15)19-16/h6-7,10,13H,3-5,8-9,11-12H2,1-2H3,(H,17,19). The van der Waals surface area contributed by atoms with E-state index in [2.05, 4.69) is 40.2 Å². The fourth-order valence-electron chi connectivity index (χ4n) is 3.03. The molecule has 0 aromatic carbocycles. The van der Waals surface area contributed by atoms with Crippen LogP contribution in [-0.4, -0.2) is 45.7 Å². The van der Waals surface area contributed by atoms with Crippen LogP contribution in [0.2, 0.25) is 0 Å². The first-order valence-corrected chi connectivity index (χ1v) is 8.00. The van der Waals surface area contributed by atoms with Gasteiger partial charge in [0.25, 0.3) is 0 Å². The highest BCUT2D eigenvalue weighted by Crippen LogP contribution is 2.13. The van der Waals surface area contributed by atoms with Gasteiger partial charge in [0.1, 0.15) is 0 Å². The van der Waals surface area contributed by atoms with E-state index in [4.69, 9.17) is 0 Å². The van der Waals surface area contributed by atoms with Crippen molar-refractivity contribution in [1.82, 2.24) is 19.5 Å². The Labute approximate surface area is 126 Å². The van der Waals surface area contributed by atoms with Crippen LogP contribution in [0.3, 0.4) is 0 Å². The van der Waals surface area contributed by atoms with Crippen molar-refractivity contribution >= 4 is 11.6 Å². The van der Waals surface area contributed by atoms with Crippen LogP contribution in [-0.2, 0) is 0 Å². The second kappa shape index (κ2) is 6.43. The number of nitrogens with zero attached hydrogens (tertiary/aromatic N) is 4. The highest BCUT2D eigenvalue weighted by atomic mass is 15.3. The molecule has 0 bridgehead atoms. The molecule has 1 fully saturated rings. The fourth-order valence-corrected chi connectivity index (χ4v) is 3.03. The van der Waals surface area contributed by atoms with Crippen molar-refractivity contribution in [2.24, 2.45) is 5.92 Å². The Morgan fingerprint density at radius 2 is 2.10 bits per heavy atom. The number of fused-ring (bicyclic) bond motifs is 1. The number of pyridine rings is 1. The lowest BCUT2D eigenvalue weighted by atomic mass is 10.1. The molecular formula is C16H25N5. The molecule has 21 heavy (non-hydrogen) atoms. The molecule has 0 saturated carbocycles. The Morgan fingerprint density at radius 1 is 1.29 bits per heavy atom. The summed E-state index contributed by atoms with van der Waals surface area (Å²) >= 11 is 0. The van der Waals surface area contributed by atoms with Gasteiger partial charge >= 0.3 is 0 Å². The number of likely N-dealkylation sites (tertiary alicyclic amines) is 1. The van der Waals surface area contributed by atoms with E-state index in [-0.39, 0.29) is 0 Å². The molecule has 1 saturated heterocycles. The summed E-state index contributed by atoms with van der Waals surface area (Å²) in [4.78, 5) is 7.14. The van der Waals surface area contributed by atoms with E-state index < -0.39 is 0 Å². The van der Waals surface area contributed by atoms with Crippen LogP contribution in [0.1, 0.15) is 31.7 Å². The van der Waals surface area contributed by atoms with Crippen LogP contribution < -0.4 is 5.32 Å². The molecule has 3 rings (SSSR count). The Morgan fingerprint density at radius 3 is 2.86 bits per heavy atom. The lowest BCUT2D eigenvalue weighted by Gasteiger charge is -2.29. The molecule has 0 radical (unpaired) electrons. The van der Waals surface area contributed by atoms with E-state index in [0.29, 0.717) is 5.92 Å². The highest BCUT2D eigenvalue weighted by molar-refractivity contribution is 5.49. The van der Waals surface area contributed by atoms with Crippen molar-refractivity contribution in [2.45, 2.75) is 33.1 Å². The summed E-state index contributed by atoms with van der Waals surface area (Å²) in [5, 5.41) is 7.85. The molecule has 1 N–H and O–H groups in total. The molecule has 0 spiro atoms. The van der Waals surface area contributed by atoms with Gasteiger partial charge in [-0.3, -0.25) is 0 Å². The molecule has 2 aromatic rings. The summed E-state index contributed by atoms with van der Waals surface area (Å²) in [5.41, 5.74) is 2.09. The zero-order chi connectivity index (χ0) is 14.7. The first-order valence-electron chi connectivity index (χ1n) is 8.00. The Balaban J connectivity index is 1.54. The first-order chi connectivity index (χ1) is 10.2. The van der Waals surface area contributed by atoms with Gasteiger partial charge in [-0.1, -0.05) is 19.4 Å². The minimum atomic E-state index is 0.607. The third-order valence-corrected chi connectivity index (χ3v) is 4.18. The topological polar surface area (TPSA) is 45.5 Å². The molecule has 5 heteroatoms. The van der Waals surface area contributed by atoms with Gasteiger partial charge in [0, 0.05) is 19.3 Å². The van der Waals surface area contributed by atoms with Crippen molar-refractivity contribution < 1.29 is 0 Å². The van der Waals surface area contributed by atoms with E-state index in [1.54, 1.807) is 0 Å². The summed E-state index contributed by atoms with van der Waals surface area (Å²) in [5.74, 6) is 1.34. The molecule has 1 atom stereocenters. The maximum Gasteiger partial charge on any atom is 0.243 e. The zero-order valence-electron chi connectivity index (χ0n) is 13.0. The predicted octanol–water partition coefficient (Wildman–Crippen LogP) is 2.57. The van der Waals surface area contributed by atoms with Gasteiger partial charge in [0.2, 0.25) is 5.95 Å². The summed E-state index contributed by atoms with van der Waals surface area (Å²) in [7, 11) is 0.